The van der Waals surface area contributed by atoms with Crippen LogP contribution in [0, 0.1) is 0 Å². The molecule has 0 fully saturated rings. The van der Waals surface area contributed by atoms with Gasteiger partial charge in [-0.25, -0.2) is 0 Å². The van der Waals surface area contributed by atoms with E-state index in [1.165, 1.54) is 12.4 Å². The Kier molecular flexibility index (Phi) is 6.11. The van der Waals surface area contributed by atoms with Gasteiger partial charge < -0.3 is 21.5 Å². The Bertz CT molecular complexity index is 127. The molecule has 0 aromatic carbocycles. The standard InChI is InChI=1S/C6H13N3O2/c7-1-2-8-3-6(11)4-9-5-10/h1-2,5-6,8,11H,3-4,7H2,(H,9,10)/b2-1-. The van der Waals surface area contributed by atoms with Gasteiger partial charge in [0.15, 0.2) is 0 Å². The summed E-state index contributed by atoms with van der Waals surface area (Å²) in [6.07, 6.45) is 2.81. The van der Waals surface area contributed by atoms with E-state index < -0.39 is 6.10 Å². The summed E-state index contributed by atoms with van der Waals surface area (Å²) in [6.45, 7) is 0.615. The third-order valence-corrected chi connectivity index (χ3v) is 1.00. The van der Waals surface area contributed by atoms with Crippen LogP contribution in [0.15, 0.2) is 12.4 Å². The molecule has 5 heteroatoms. The van der Waals surface area contributed by atoms with Crippen molar-refractivity contribution in [3.63, 3.8) is 0 Å². The summed E-state index contributed by atoms with van der Waals surface area (Å²) in [6, 6.07) is 0. The van der Waals surface area contributed by atoms with Crippen molar-refractivity contribution in [2.45, 2.75) is 6.10 Å². The number of aliphatic hydroxyl groups excluding tert-OH is 1. The van der Waals surface area contributed by atoms with Crippen molar-refractivity contribution in [1.29, 1.82) is 0 Å². The number of rotatable bonds is 6. The molecule has 11 heavy (non-hydrogen) atoms. The summed E-state index contributed by atoms with van der Waals surface area (Å²) < 4.78 is 0. The Labute approximate surface area is 65.3 Å². The number of aliphatic hydroxyl groups is 1. The Hall–Kier alpha value is -1.23. The second kappa shape index (κ2) is 6.88. The first-order valence-corrected chi connectivity index (χ1v) is 3.26. The normalized spacial score (nSPS) is 12.8. The summed E-state index contributed by atoms with van der Waals surface area (Å²) in [5, 5.41) is 14.1. The number of nitrogens with two attached hydrogens (primary N) is 1. The minimum atomic E-state index is -0.587. The highest BCUT2D eigenvalue weighted by Gasteiger charge is 1.99. The van der Waals surface area contributed by atoms with E-state index in [1.54, 1.807) is 0 Å². The molecule has 5 nitrogen and oxygen atoms in total. The van der Waals surface area contributed by atoms with Crippen molar-refractivity contribution in [2.75, 3.05) is 13.1 Å². The maximum absolute atomic E-state index is 9.76. The van der Waals surface area contributed by atoms with Gasteiger partial charge in [-0.1, -0.05) is 0 Å². The van der Waals surface area contributed by atoms with Gasteiger partial charge in [0, 0.05) is 25.5 Å². The summed E-state index contributed by atoms with van der Waals surface area (Å²) in [5.74, 6) is 0. The first-order valence-electron chi connectivity index (χ1n) is 3.26. The number of hydrogen-bond donors (Lipinski definition) is 4. The molecule has 0 heterocycles. The van der Waals surface area contributed by atoms with E-state index in [9.17, 15) is 4.79 Å². The fourth-order valence-electron chi connectivity index (χ4n) is 0.528. The van der Waals surface area contributed by atoms with Gasteiger partial charge in [0.25, 0.3) is 0 Å². The van der Waals surface area contributed by atoms with E-state index in [0.29, 0.717) is 13.0 Å². The molecule has 0 bridgehead atoms. The van der Waals surface area contributed by atoms with E-state index in [-0.39, 0.29) is 6.54 Å². The smallest absolute Gasteiger partial charge is 0.207 e. The third-order valence-electron chi connectivity index (χ3n) is 1.00. The third kappa shape index (κ3) is 6.66. The van der Waals surface area contributed by atoms with Crippen molar-refractivity contribution < 1.29 is 9.90 Å². The topological polar surface area (TPSA) is 87.4 Å². The number of amides is 1. The Morgan fingerprint density at radius 3 is 2.64 bits per heavy atom. The summed E-state index contributed by atoms with van der Waals surface area (Å²) in [5.41, 5.74) is 5.02. The van der Waals surface area contributed by atoms with Crippen LogP contribution < -0.4 is 16.4 Å². The first kappa shape index (κ1) is 9.77. The molecule has 1 atom stereocenters. The van der Waals surface area contributed by atoms with E-state index in [0.717, 1.165) is 0 Å². The molecule has 0 aliphatic heterocycles. The second-order valence-electron chi connectivity index (χ2n) is 1.95. The highest BCUT2D eigenvalue weighted by molar-refractivity contribution is 5.45. The Morgan fingerprint density at radius 2 is 2.09 bits per heavy atom. The SMILES string of the molecule is N/C=C\NCC(O)CNC=O. The van der Waals surface area contributed by atoms with E-state index in [4.69, 9.17) is 10.8 Å². The molecule has 0 aliphatic rings. The molecule has 0 aliphatic carbocycles. The van der Waals surface area contributed by atoms with Gasteiger partial charge in [-0.15, -0.1) is 0 Å². The van der Waals surface area contributed by atoms with Crippen molar-refractivity contribution in [1.82, 2.24) is 10.6 Å². The average Bonchev–Trinajstić information content (AvgIpc) is 2.01. The minimum Gasteiger partial charge on any atom is -0.403 e. The molecule has 1 unspecified atom stereocenters. The molecule has 0 radical (unpaired) electrons. The van der Waals surface area contributed by atoms with Crippen LogP contribution in [0.3, 0.4) is 0 Å². The zero-order valence-electron chi connectivity index (χ0n) is 6.16. The zero-order valence-corrected chi connectivity index (χ0v) is 6.16. The van der Waals surface area contributed by atoms with Crippen LogP contribution in [-0.4, -0.2) is 30.7 Å². The van der Waals surface area contributed by atoms with Gasteiger partial charge in [-0.2, -0.15) is 0 Å². The quantitative estimate of drug-likeness (QED) is 0.341. The van der Waals surface area contributed by atoms with Crippen molar-refractivity contribution in [3.8, 4) is 0 Å². The maximum Gasteiger partial charge on any atom is 0.207 e. The maximum atomic E-state index is 9.76. The van der Waals surface area contributed by atoms with E-state index >= 15 is 0 Å². The largest absolute Gasteiger partial charge is 0.403 e. The van der Waals surface area contributed by atoms with Crippen molar-refractivity contribution in [2.24, 2.45) is 5.73 Å². The van der Waals surface area contributed by atoms with Crippen LogP contribution in [0.5, 0.6) is 0 Å². The molecular formula is C6H13N3O2. The van der Waals surface area contributed by atoms with E-state index in [2.05, 4.69) is 10.6 Å². The number of nitrogens with one attached hydrogen (secondary N) is 2. The Morgan fingerprint density at radius 1 is 1.45 bits per heavy atom. The molecule has 0 rings (SSSR count). The molecule has 64 valence electrons. The molecule has 5 N–H and O–H groups in total. The van der Waals surface area contributed by atoms with Gasteiger partial charge in [0.1, 0.15) is 0 Å². The predicted molar refractivity (Wildman–Crippen MR) is 41.4 cm³/mol. The summed E-state index contributed by atoms with van der Waals surface area (Å²) >= 11 is 0. The monoisotopic (exact) mass is 159 g/mol. The van der Waals surface area contributed by atoms with Crippen LogP contribution in [0.25, 0.3) is 0 Å². The lowest BCUT2D eigenvalue weighted by atomic mass is 10.3. The number of hydrogen-bond acceptors (Lipinski definition) is 4. The number of carbonyl (C=O) groups excluding carboxylic acids is 1. The predicted octanol–water partition coefficient (Wildman–Crippen LogP) is -1.89. The highest BCUT2D eigenvalue weighted by atomic mass is 16.3. The van der Waals surface area contributed by atoms with Gasteiger partial charge in [-0.3, -0.25) is 4.79 Å². The zero-order chi connectivity index (χ0) is 8.53. The molecule has 0 aromatic rings. The fraction of sp³-hybridized carbons (Fsp3) is 0.500. The van der Waals surface area contributed by atoms with Crippen LogP contribution >= 0.6 is 0 Å². The minimum absolute atomic E-state index is 0.245. The van der Waals surface area contributed by atoms with Crippen LogP contribution in [-0.2, 0) is 4.79 Å². The van der Waals surface area contributed by atoms with Crippen molar-refractivity contribution >= 4 is 6.41 Å². The average molecular weight is 159 g/mol. The number of carbonyl (C=O) groups is 1. The summed E-state index contributed by atoms with van der Waals surface area (Å²) in [7, 11) is 0. The molecule has 0 saturated heterocycles. The summed E-state index contributed by atoms with van der Waals surface area (Å²) in [4.78, 5) is 9.76. The Balaban J connectivity index is 3.21. The molecule has 0 spiro atoms. The first-order chi connectivity index (χ1) is 5.31. The van der Waals surface area contributed by atoms with Crippen LogP contribution in [0.2, 0.25) is 0 Å². The lowest BCUT2D eigenvalue weighted by Crippen LogP contribution is -2.33. The van der Waals surface area contributed by atoms with Crippen LogP contribution in [0.4, 0.5) is 0 Å². The lowest BCUT2D eigenvalue weighted by Gasteiger charge is -2.08. The van der Waals surface area contributed by atoms with Gasteiger partial charge >= 0.3 is 0 Å². The molecule has 0 aromatic heterocycles. The van der Waals surface area contributed by atoms with Gasteiger partial charge in [0.2, 0.25) is 6.41 Å². The molecule has 1 amide bonds. The second-order valence-corrected chi connectivity index (χ2v) is 1.95. The van der Waals surface area contributed by atoms with Crippen molar-refractivity contribution in [3.05, 3.63) is 12.4 Å². The molecule has 0 saturated carbocycles. The lowest BCUT2D eigenvalue weighted by molar-refractivity contribution is -0.109. The van der Waals surface area contributed by atoms with Gasteiger partial charge in [0.05, 0.1) is 6.10 Å². The molecular weight excluding hydrogens is 146 g/mol. The van der Waals surface area contributed by atoms with Gasteiger partial charge in [-0.05, 0) is 0 Å². The van der Waals surface area contributed by atoms with E-state index in [1.807, 2.05) is 0 Å². The fourth-order valence-corrected chi connectivity index (χ4v) is 0.528. The van der Waals surface area contributed by atoms with Crippen LogP contribution in [0.1, 0.15) is 0 Å². The highest BCUT2D eigenvalue weighted by Crippen LogP contribution is 1.75.